The van der Waals surface area contributed by atoms with Gasteiger partial charge >= 0.3 is 0 Å². The van der Waals surface area contributed by atoms with E-state index in [0.29, 0.717) is 0 Å². The van der Waals surface area contributed by atoms with E-state index >= 15 is 0 Å². The molecule has 2 saturated carbocycles. The minimum atomic E-state index is 0.856. The Hall–Kier alpha value is -0.860. The van der Waals surface area contributed by atoms with Crippen molar-refractivity contribution >= 4 is 21.4 Å². The predicted molar refractivity (Wildman–Crippen MR) is 92.0 cm³/mol. The molecule has 1 N–H and O–H groups in total. The quantitative estimate of drug-likeness (QED) is 0.819. The number of benzene rings is 1. The van der Waals surface area contributed by atoms with Crippen LogP contribution >= 0.6 is 11.3 Å². The SMILES string of the molecule is c1ccc2c(CC3CCCCC3CNC3CC3)csc2c1. The molecule has 2 aromatic rings. The molecule has 0 radical (unpaired) electrons. The number of hydrogen-bond acceptors (Lipinski definition) is 2. The lowest BCUT2D eigenvalue weighted by molar-refractivity contribution is 0.228. The molecule has 2 unspecified atom stereocenters. The highest BCUT2D eigenvalue weighted by molar-refractivity contribution is 7.17. The normalized spacial score (nSPS) is 26.3. The van der Waals surface area contributed by atoms with E-state index in [1.165, 1.54) is 61.6 Å². The first-order valence-electron chi connectivity index (χ1n) is 8.58. The number of hydrogen-bond donors (Lipinski definition) is 1. The molecule has 2 fully saturated rings. The largest absolute Gasteiger partial charge is 0.314 e. The molecule has 2 atom stereocenters. The Morgan fingerprint density at radius 1 is 1.00 bits per heavy atom. The lowest BCUT2D eigenvalue weighted by Gasteiger charge is -2.32. The molecule has 1 aromatic heterocycles. The zero-order chi connectivity index (χ0) is 14.1. The lowest BCUT2D eigenvalue weighted by atomic mass is 9.76. The van der Waals surface area contributed by atoms with Crippen LogP contribution < -0.4 is 5.32 Å². The van der Waals surface area contributed by atoms with E-state index < -0.39 is 0 Å². The van der Waals surface area contributed by atoms with Gasteiger partial charge in [0.2, 0.25) is 0 Å². The van der Waals surface area contributed by atoms with E-state index in [-0.39, 0.29) is 0 Å². The molecule has 1 aromatic carbocycles. The summed E-state index contributed by atoms with van der Waals surface area (Å²) in [5, 5.41) is 7.68. The number of rotatable bonds is 5. The molecule has 0 bridgehead atoms. The Labute approximate surface area is 131 Å². The van der Waals surface area contributed by atoms with Crippen molar-refractivity contribution in [1.29, 1.82) is 0 Å². The standard InChI is InChI=1S/C19H25NS/c1-2-6-15(12-20-17-9-10-17)14(5-1)11-16-13-21-19-8-4-3-7-18(16)19/h3-4,7-8,13-15,17,20H,1-2,5-6,9-12H2. The molecule has 21 heavy (non-hydrogen) atoms. The molecule has 112 valence electrons. The van der Waals surface area contributed by atoms with Crippen molar-refractivity contribution < 1.29 is 0 Å². The average Bonchev–Trinajstić information content (AvgIpc) is 3.27. The topological polar surface area (TPSA) is 12.0 Å². The average molecular weight is 299 g/mol. The minimum absolute atomic E-state index is 0.856. The van der Waals surface area contributed by atoms with Crippen LogP contribution in [0.2, 0.25) is 0 Å². The van der Waals surface area contributed by atoms with Gasteiger partial charge in [-0.2, -0.15) is 0 Å². The summed E-state index contributed by atoms with van der Waals surface area (Å²) in [6.45, 7) is 1.26. The van der Waals surface area contributed by atoms with Gasteiger partial charge in [-0.25, -0.2) is 0 Å². The van der Waals surface area contributed by atoms with Gasteiger partial charge in [-0.3, -0.25) is 0 Å². The lowest BCUT2D eigenvalue weighted by Crippen LogP contribution is -2.32. The molecule has 4 rings (SSSR count). The van der Waals surface area contributed by atoms with Gasteiger partial charge in [0.1, 0.15) is 0 Å². The Bertz CT molecular complexity index is 598. The van der Waals surface area contributed by atoms with Crippen molar-refractivity contribution in [2.24, 2.45) is 11.8 Å². The minimum Gasteiger partial charge on any atom is -0.314 e. The maximum atomic E-state index is 3.78. The molecule has 0 amide bonds. The highest BCUT2D eigenvalue weighted by atomic mass is 32.1. The van der Waals surface area contributed by atoms with Crippen molar-refractivity contribution in [2.75, 3.05) is 6.54 Å². The van der Waals surface area contributed by atoms with E-state index in [0.717, 1.165) is 17.9 Å². The Kier molecular flexibility index (Phi) is 4.00. The maximum absolute atomic E-state index is 3.78. The summed E-state index contributed by atoms with van der Waals surface area (Å²) in [4.78, 5) is 0. The van der Waals surface area contributed by atoms with Crippen LogP contribution in [0.15, 0.2) is 29.6 Å². The summed E-state index contributed by atoms with van der Waals surface area (Å²) < 4.78 is 1.45. The van der Waals surface area contributed by atoms with Crippen molar-refractivity contribution in [3.8, 4) is 0 Å². The summed E-state index contributed by atoms with van der Waals surface area (Å²) in [5.74, 6) is 1.79. The molecule has 2 heteroatoms. The third-order valence-electron chi connectivity index (χ3n) is 5.36. The molecular weight excluding hydrogens is 274 g/mol. The summed E-state index contributed by atoms with van der Waals surface area (Å²) in [6.07, 6.45) is 9.86. The zero-order valence-corrected chi connectivity index (χ0v) is 13.5. The van der Waals surface area contributed by atoms with Crippen LogP contribution in [-0.4, -0.2) is 12.6 Å². The van der Waals surface area contributed by atoms with Gasteiger partial charge < -0.3 is 5.32 Å². The molecule has 1 heterocycles. The van der Waals surface area contributed by atoms with Crippen LogP contribution in [0.4, 0.5) is 0 Å². The molecule has 0 saturated heterocycles. The fourth-order valence-electron chi connectivity index (χ4n) is 3.90. The van der Waals surface area contributed by atoms with E-state index in [4.69, 9.17) is 0 Å². The van der Waals surface area contributed by atoms with Crippen LogP contribution in [0.3, 0.4) is 0 Å². The third-order valence-corrected chi connectivity index (χ3v) is 6.37. The van der Waals surface area contributed by atoms with Crippen molar-refractivity contribution in [3.63, 3.8) is 0 Å². The van der Waals surface area contributed by atoms with Crippen LogP contribution in [0.5, 0.6) is 0 Å². The van der Waals surface area contributed by atoms with Gasteiger partial charge in [-0.1, -0.05) is 31.0 Å². The fourth-order valence-corrected chi connectivity index (χ4v) is 4.88. The van der Waals surface area contributed by atoms with Crippen LogP contribution in [0.1, 0.15) is 44.1 Å². The first kappa shape index (κ1) is 13.8. The molecular formula is C19H25NS. The van der Waals surface area contributed by atoms with E-state index in [9.17, 15) is 0 Å². The smallest absolute Gasteiger partial charge is 0.0345 e. The highest BCUT2D eigenvalue weighted by Crippen LogP contribution is 2.36. The Balaban J connectivity index is 1.47. The molecule has 2 aliphatic rings. The summed E-state index contributed by atoms with van der Waals surface area (Å²) in [7, 11) is 0. The van der Waals surface area contributed by atoms with E-state index in [2.05, 4.69) is 35.0 Å². The molecule has 0 spiro atoms. The summed E-state index contributed by atoms with van der Waals surface area (Å²) in [6, 6.07) is 9.77. The first-order chi connectivity index (χ1) is 10.4. The van der Waals surface area contributed by atoms with Crippen molar-refractivity contribution in [3.05, 3.63) is 35.2 Å². The van der Waals surface area contributed by atoms with Gasteiger partial charge in [-0.15, -0.1) is 11.3 Å². The summed E-state index contributed by atoms with van der Waals surface area (Å²) in [5.41, 5.74) is 1.60. The van der Waals surface area contributed by atoms with Crippen LogP contribution in [0.25, 0.3) is 10.1 Å². The maximum Gasteiger partial charge on any atom is 0.0345 e. The molecule has 0 aliphatic heterocycles. The number of fused-ring (bicyclic) bond motifs is 1. The zero-order valence-electron chi connectivity index (χ0n) is 12.7. The number of nitrogens with one attached hydrogen (secondary N) is 1. The van der Waals surface area contributed by atoms with Crippen LogP contribution in [-0.2, 0) is 6.42 Å². The molecule has 2 aliphatic carbocycles. The highest BCUT2D eigenvalue weighted by Gasteiger charge is 2.28. The van der Waals surface area contributed by atoms with Gasteiger partial charge in [-0.05, 0) is 72.9 Å². The second-order valence-corrected chi connectivity index (χ2v) is 7.86. The summed E-state index contributed by atoms with van der Waals surface area (Å²) >= 11 is 1.92. The van der Waals surface area contributed by atoms with Gasteiger partial charge in [0.05, 0.1) is 0 Å². The van der Waals surface area contributed by atoms with E-state index in [1.807, 2.05) is 11.3 Å². The second kappa shape index (κ2) is 6.10. The molecule has 1 nitrogen and oxygen atoms in total. The number of thiophene rings is 1. The second-order valence-electron chi connectivity index (χ2n) is 6.95. The third kappa shape index (κ3) is 3.17. The Morgan fingerprint density at radius 3 is 2.67 bits per heavy atom. The van der Waals surface area contributed by atoms with Gasteiger partial charge in [0.25, 0.3) is 0 Å². The van der Waals surface area contributed by atoms with Crippen molar-refractivity contribution in [1.82, 2.24) is 5.32 Å². The fraction of sp³-hybridized carbons (Fsp3) is 0.579. The van der Waals surface area contributed by atoms with Crippen molar-refractivity contribution in [2.45, 2.75) is 51.0 Å². The predicted octanol–water partition coefficient (Wildman–Crippen LogP) is 5.00. The van der Waals surface area contributed by atoms with E-state index in [1.54, 1.807) is 5.56 Å². The van der Waals surface area contributed by atoms with Crippen LogP contribution in [0, 0.1) is 11.8 Å². The van der Waals surface area contributed by atoms with Gasteiger partial charge in [0.15, 0.2) is 0 Å². The monoisotopic (exact) mass is 299 g/mol. The van der Waals surface area contributed by atoms with Gasteiger partial charge in [0, 0.05) is 10.7 Å². The Morgan fingerprint density at radius 2 is 1.81 bits per heavy atom. The first-order valence-corrected chi connectivity index (χ1v) is 9.46.